The number of aryl methyl sites for hydroxylation is 1. The number of ether oxygens (including phenoxy) is 2. The second kappa shape index (κ2) is 7.44. The molecule has 0 unspecified atom stereocenters. The van der Waals surface area contributed by atoms with Gasteiger partial charge in [-0.25, -0.2) is 4.98 Å². The topological polar surface area (TPSA) is 82.5 Å². The maximum atomic E-state index is 12.2. The Balaban J connectivity index is 2.01. The summed E-state index contributed by atoms with van der Waals surface area (Å²) in [5.74, 6) is 0.754. The van der Waals surface area contributed by atoms with Gasteiger partial charge in [0.1, 0.15) is 11.5 Å². The fourth-order valence-electron chi connectivity index (χ4n) is 2.06. The predicted molar refractivity (Wildman–Crippen MR) is 85.1 cm³/mol. The first-order chi connectivity index (χ1) is 11.0. The molecular formula is C16H19N3O4. The van der Waals surface area contributed by atoms with Crippen LogP contribution >= 0.6 is 0 Å². The highest BCUT2D eigenvalue weighted by Gasteiger charge is 2.12. The molecule has 0 spiro atoms. The smallest absolute Gasteiger partial charge is 0.255 e. The van der Waals surface area contributed by atoms with Crippen molar-refractivity contribution in [1.82, 2.24) is 14.9 Å². The second-order valence-corrected chi connectivity index (χ2v) is 4.88. The van der Waals surface area contributed by atoms with Crippen LogP contribution in [0.15, 0.2) is 35.4 Å². The Morgan fingerprint density at radius 3 is 2.70 bits per heavy atom. The number of hydrogen-bond donors (Lipinski definition) is 1. The number of methoxy groups -OCH3 is 2. The minimum Gasteiger partial charge on any atom is -0.497 e. The van der Waals surface area contributed by atoms with Gasteiger partial charge in [0.05, 0.1) is 26.1 Å². The lowest BCUT2D eigenvalue weighted by Crippen LogP contribution is -2.31. The van der Waals surface area contributed by atoms with Gasteiger partial charge in [-0.3, -0.25) is 14.2 Å². The van der Waals surface area contributed by atoms with Crippen molar-refractivity contribution in [1.29, 1.82) is 0 Å². The molecule has 0 aliphatic heterocycles. The van der Waals surface area contributed by atoms with Crippen LogP contribution in [0.5, 0.6) is 11.5 Å². The molecule has 0 aliphatic carbocycles. The van der Waals surface area contributed by atoms with Gasteiger partial charge < -0.3 is 14.8 Å². The summed E-state index contributed by atoms with van der Waals surface area (Å²) in [6.07, 6.45) is 1.47. The zero-order chi connectivity index (χ0) is 16.8. The number of nitrogens with zero attached hydrogens (tertiary/aromatic N) is 2. The second-order valence-electron chi connectivity index (χ2n) is 4.88. The minimum absolute atomic E-state index is 0.145. The molecule has 2 aromatic rings. The predicted octanol–water partition coefficient (Wildman–Crippen LogP) is 0.999. The fourth-order valence-corrected chi connectivity index (χ4v) is 2.06. The van der Waals surface area contributed by atoms with E-state index in [-0.39, 0.29) is 11.5 Å². The lowest BCUT2D eigenvalue weighted by molar-refractivity contribution is 0.0949. The minimum atomic E-state index is -0.280. The van der Waals surface area contributed by atoms with Crippen LogP contribution < -0.4 is 20.3 Å². The van der Waals surface area contributed by atoms with E-state index in [0.717, 1.165) is 0 Å². The molecule has 0 fully saturated rings. The molecule has 122 valence electrons. The monoisotopic (exact) mass is 317 g/mol. The largest absolute Gasteiger partial charge is 0.497 e. The Hall–Kier alpha value is -2.83. The van der Waals surface area contributed by atoms with Gasteiger partial charge >= 0.3 is 0 Å². The van der Waals surface area contributed by atoms with Crippen molar-refractivity contribution >= 4 is 5.91 Å². The molecule has 1 heterocycles. The van der Waals surface area contributed by atoms with Crippen molar-refractivity contribution in [2.75, 3.05) is 20.8 Å². The van der Waals surface area contributed by atoms with E-state index in [9.17, 15) is 9.59 Å². The van der Waals surface area contributed by atoms with Crippen molar-refractivity contribution in [2.24, 2.45) is 0 Å². The van der Waals surface area contributed by atoms with Crippen molar-refractivity contribution in [2.45, 2.75) is 13.5 Å². The molecule has 7 nitrogen and oxygen atoms in total. The number of carbonyl (C=O) groups is 1. The van der Waals surface area contributed by atoms with Crippen LogP contribution in [0.25, 0.3) is 0 Å². The third kappa shape index (κ3) is 4.09. The Morgan fingerprint density at radius 2 is 2.04 bits per heavy atom. The van der Waals surface area contributed by atoms with Gasteiger partial charge in [-0.2, -0.15) is 0 Å². The summed E-state index contributed by atoms with van der Waals surface area (Å²) in [6.45, 7) is 2.40. The molecule has 0 atom stereocenters. The van der Waals surface area contributed by atoms with Gasteiger partial charge in [0, 0.05) is 30.9 Å². The Labute approximate surface area is 133 Å². The molecule has 1 aromatic heterocycles. The average Bonchev–Trinajstić information content (AvgIpc) is 2.56. The highest BCUT2D eigenvalue weighted by atomic mass is 16.5. The van der Waals surface area contributed by atoms with Crippen LogP contribution in [0.4, 0.5) is 0 Å². The Morgan fingerprint density at radius 1 is 1.26 bits per heavy atom. The molecule has 2 rings (SSSR count). The van der Waals surface area contributed by atoms with Crippen molar-refractivity contribution in [3.63, 3.8) is 0 Å². The van der Waals surface area contributed by atoms with E-state index >= 15 is 0 Å². The molecule has 1 amide bonds. The summed E-state index contributed by atoms with van der Waals surface area (Å²) in [5.41, 5.74) is 0.926. The van der Waals surface area contributed by atoms with Crippen molar-refractivity contribution < 1.29 is 14.3 Å². The van der Waals surface area contributed by atoms with Crippen LogP contribution in [-0.2, 0) is 6.54 Å². The third-order valence-corrected chi connectivity index (χ3v) is 3.31. The molecular weight excluding hydrogens is 298 g/mol. The van der Waals surface area contributed by atoms with Crippen LogP contribution in [0.3, 0.4) is 0 Å². The van der Waals surface area contributed by atoms with E-state index in [2.05, 4.69) is 10.3 Å². The molecule has 0 saturated carbocycles. The standard InChI is InChI=1S/C16H19N3O4/c1-11-8-15(20)19(10-18-11)7-6-17-16(21)13-5-4-12(22-2)9-14(13)23-3/h4-5,8-10H,6-7H2,1-3H3,(H,17,21). The van der Waals surface area contributed by atoms with Gasteiger partial charge in [-0.15, -0.1) is 0 Å². The van der Waals surface area contributed by atoms with Crippen LogP contribution in [0.2, 0.25) is 0 Å². The fraction of sp³-hybridized carbons (Fsp3) is 0.312. The first kappa shape index (κ1) is 16.5. The lowest BCUT2D eigenvalue weighted by atomic mass is 10.1. The van der Waals surface area contributed by atoms with Crippen molar-refractivity contribution in [3.05, 3.63) is 52.2 Å². The zero-order valence-corrected chi connectivity index (χ0v) is 13.3. The van der Waals surface area contributed by atoms with E-state index in [1.807, 2.05) is 0 Å². The molecule has 7 heteroatoms. The van der Waals surface area contributed by atoms with Gasteiger partial charge in [0.15, 0.2) is 0 Å². The molecule has 0 bridgehead atoms. The number of amides is 1. The summed E-state index contributed by atoms with van der Waals surface area (Å²) in [5, 5.41) is 2.75. The summed E-state index contributed by atoms with van der Waals surface area (Å²) in [6, 6.07) is 6.41. The van der Waals surface area contributed by atoms with E-state index in [1.54, 1.807) is 32.2 Å². The third-order valence-electron chi connectivity index (χ3n) is 3.31. The van der Waals surface area contributed by atoms with Gasteiger partial charge in [-0.05, 0) is 19.1 Å². The number of carbonyl (C=O) groups excluding carboxylic acids is 1. The highest BCUT2D eigenvalue weighted by Crippen LogP contribution is 2.24. The summed E-state index contributed by atoms with van der Waals surface area (Å²) in [4.78, 5) is 28.0. The number of rotatable bonds is 6. The normalized spacial score (nSPS) is 10.2. The SMILES string of the molecule is COc1ccc(C(=O)NCCn2cnc(C)cc2=O)c(OC)c1. The average molecular weight is 317 g/mol. The van der Waals surface area contributed by atoms with Gasteiger partial charge in [0.2, 0.25) is 0 Å². The number of aromatic nitrogens is 2. The Kier molecular flexibility index (Phi) is 5.35. The summed E-state index contributed by atoms with van der Waals surface area (Å²) < 4.78 is 11.7. The zero-order valence-electron chi connectivity index (χ0n) is 13.3. The molecule has 0 aliphatic rings. The molecule has 0 radical (unpaired) electrons. The van der Waals surface area contributed by atoms with E-state index in [1.165, 1.54) is 24.1 Å². The van der Waals surface area contributed by atoms with Gasteiger partial charge in [0.25, 0.3) is 11.5 Å². The van der Waals surface area contributed by atoms with Gasteiger partial charge in [-0.1, -0.05) is 0 Å². The van der Waals surface area contributed by atoms with E-state index in [4.69, 9.17) is 9.47 Å². The van der Waals surface area contributed by atoms with E-state index < -0.39 is 0 Å². The first-order valence-electron chi connectivity index (χ1n) is 7.08. The lowest BCUT2D eigenvalue weighted by Gasteiger charge is -2.11. The van der Waals surface area contributed by atoms with Crippen LogP contribution in [-0.4, -0.2) is 36.2 Å². The summed E-state index contributed by atoms with van der Waals surface area (Å²) in [7, 11) is 3.03. The molecule has 23 heavy (non-hydrogen) atoms. The molecule has 1 N–H and O–H groups in total. The van der Waals surface area contributed by atoms with Crippen molar-refractivity contribution in [3.8, 4) is 11.5 Å². The maximum absolute atomic E-state index is 12.2. The van der Waals surface area contributed by atoms with Crippen LogP contribution in [0, 0.1) is 6.92 Å². The first-order valence-corrected chi connectivity index (χ1v) is 7.08. The maximum Gasteiger partial charge on any atom is 0.255 e. The molecule has 0 saturated heterocycles. The number of benzene rings is 1. The number of hydrogen-bond acceptors (Lipinski definition) is 5. The van der Waals surface area contributed by atoms with Crippen LogP contribution in [0.1, 0.15) is 16.1 Å². The summed E-state index contributed by atoms with van der Waals surface area (Å²) >= 11 is 0. The Bertz CT molecular complexity index is 755. The van der Waals surface area contributed by atoms with E-state index in [0.29, 0.717) is 35.8 Å². The quantitative estimate of drug-likeness (QED) is 0.859. The molecule has 1 aromatic carbocycles. The number of nitrogens with one attached hydrogen (secondary N) is 1. The highest BCUT2D eigenvalue weighted by molar-refractivity contribution is 5.97.